The number of amides is 2. The summed E-state index contributed by atoms with van der Waals surface area (Å²) in [5.41, 5.74) is -1.93. The number of anilines is 1. The van der Waals surface area contributed by atoms with Crippen molar-refractivity contribution in [3.05, 3.63) is 56.8 Å². The summed E-state index contributed by atoms with van der Waals surface area (Å²) in [5.74, 6) is -2.94. The molecule has 2 aromatic heterocycles. The Morgan fingerprint density at radius 3 is 2.57 bits per heavy atom. The highest BCUT2D eigenvalue weighted by molar-refractivity contribution is 7.90. The van der Waals surface area contributed by atoms with Gasteiger partial charge in [-0.2, -0.15) is 0 Å². The molecule has 0 aliphatic heterocycles. The largest absolute Gasteiger partial charge is 0.501 e. The van der Waals surface area contributed by atoms with Crippen molar-refractivity contribution >= 4 is 50.6 Å². The highest BCUT2D eigenvalue weighted by Gasteiger charge is 2.23. The minimum atomic E-state index is -4.28. The molecule has 0 bridgehead atoms. The average Bonchev–Trinajstić information content (AvgIpc) is 3.11. The fourth-order valence-corrected chi connectivity index (χ4v) is 4.52. The molecule has 0 aliphatic carbocycles. The van der Waals surface area contributed by atoms with Crippen LogP contribution in [0.4, 0.5) is 10.5 Å². The number of hydrogen-bond acceptors (Lipinski definition) is 8. The number of urea groups is 1. The van der Waals surface area contributed by atoms with Crippen LogP contribution in [0.1, 0.15) is 10.5 Å². The number of benzene rings is 1. The predicted octanol–water partition coefficient (Wildman–Crippen LogP) is 2.07. The Morgan fingerprint density at radius 1 is 1.20 bits per heavy atom. The summed E-state index contributed by atoms with van der Waals surface area (Å²) in [6.45, 7) is 0. The standard InChI is InChI=1S/C16H11ClN4O7S2/c17-7-3-1-2-4-9(7)30(27,28)21-16(26)18-8-5-6-29-12(8)13-19-10(15(24)25)11(22)14(23)20-13/h1-6,22H,(H,24,25)(H2,18,21,26)(H,19,20,23). The van der Waals surface area contributed by atoms with Gasteiger partial charge in [0.1, 0.15) is 4.90 Å². The van der Waals surface area contributed by atoms with E-state index in [0.29, 0.717) is 0 Å². The molecule has 1 aromatic carbocycles. The van der Waals surface area contributed by atoms with Crippen molar-refractivity contribution in [2.24, 2.45) is 0 Å². The van der Waals surface area contributed by atoms with Crippen LogP contribution < -0.4 is 15.6 Å². The molecule has 0 unspecified atom stereocenters. The van der Waals surface area contributed by atoms with Crippen molar-refractivity contribution in [1.82, 2.24) is 14.7 Å². The van der Waals surface area contributed by atoms with Crippen LogP contribution in [0.2, 0.25) is 5.02 Å². The lowest BCUT2D eigenvalue weighted by molar-refractivity contribution is 0.0686. The number of halogens is 1. The number of carbonyl (C=O) groups is 2. The van der Waals surface area contributed by atoms with Crippen LogP contribution in [0.15, 0.2) is 45.4 Å². The number of carboxylic acids is 1. The first-order valence-electron chi connectivity index (χ1n) is 7.83. The molecule has 0 radical (unpaired) electrons. The van der Waals surface area contributed by atoms with E-state index >= 15 is 0 Å². The van der Waals surface area contributed by atoms with Crippen LogP contribution in [0.5, 0.6) is 5.75 Å². The molecular weight excluding hydrogens is 460 g/mol. The van der Waals surface area contributed by atoms with Gasteiger partial charge in [-0.25, -0.2) is 27.7 Å². The van der Waals surface area contributed by atoms with Crippen molar-refractivity contribution in [3.8, 4) is 16.5 Å². The highest BCUT2D eigenvalue weighted by atomic mass is 35.5. The summed E-state index contributed by atoms with van der Waals surface area (Å²) in [7, 11) is -4.28. The molecular formula is C16H11ClN4O7S2. The van der Waals surface area contributed by atoms with Crippen molar-refractivity contribution in [2.45, 2.75) is 4.90 Å². The monoisotopic (exact) mass is 470 g/mol. The van der Waals surface area contributed by atoms with Crippen LogP contribution >= 0.6 is 22.9 Å². The zero-order valence-electron chi connectivity index (χ0n) is 14.5. The molecule has 14 heteroatoms. The maximum Gasteiger partial charge on any atom is 0.358 e. The molecule has 11 nitrogen and oxygen atoms in total. The van der Waals surface area contributed by atoms with Crippen LogP contribution in [-0.4, -0.2) is 40.6 Å². The van der Waals surface area contributed by atoms with E-state index < -0.39 is 39.0 Å². The van der Waals surface area contributed by atoms with Crippen molar-refractivity contribution in [2.75, 3.05) is 5.32 Å². The number of aromatic hydroxyl groups is 1. The molecule has 0 fully saturated rings. The molecule has 2 heterocycles. The molecule has 0 aliphatic rings. The topological polar surface area (TPSA) is 179 Å². The Labute approximate surface area is 177 Å². The normalized spacial score (nSPS) is 11.1. The molecule has 0 saturated heterocycles. The highest BCUT2D eigenvalue weighted by Crippen LogP contribution is 2.31. The van der Waals surface area contributed by atoms with Crippen LogP contribution in [0, 0.1) is 0 Å². The minimum Gasteiger partial charge on any atom is -0.501 e. The number of sulfonamides is 1. The minimum absolute atomic E-state index is 0.0389. The number of aromatic nitrogens is 2. The summed E-state index contributed by atoms with van der Waals surface area (Å²) in [6.07, 6.45) is 0. The van der Waals surface area contributed by atoms with Gasteiger partial charge in [-0.15, -0.1) is 11.3 Å². The van der Waals surface area contributed by atoms with Gasteiger partial charge in [-0.05, 0) is 23.6 Å². The number of hydrogen-bond donors (Lipinski definition) is 5. The first-order valence-corrected chi connectivity index (χ1v) is 10.6. The molecule has 5 N–H and O–H groups in total. The van der Waals surface area contributed by atoms with Gasteiger partial charge in [-0.1, -0.05) is 23.7 Å². The van der Waals surface area contributed by atoms with E-state index in [-0.39, 0.29) is 26.3 Å². The third-order valence-corrected chi connectivity index (χ3v) is 6.33. The number of nitrogens with zero attached hydrogens (tertiary/aromatic N) is 1. The lowest BCUT2D eigenvalue weighted by Gasteiger charge is -2.10. The van der Waals surface area contributed by atoms with Gasteiger partial charge in [0.2, 0.25) is 5.75 Å². The Balaban J connectivity index is 1.88. The van der Waals surface area contributed by atoms with Crippen molar-refractivity contribution in [1.29, 1.82) is 0 Å². The molecule has 156 valence electrons. The number of nitrogens with one attached hydrogen (secondary N) is 3. The second-order valence-electron chi connectivity index (χ2n) is 5.57. The summed E-state index contributed by atoms with van der Waals surface area (Å²) in [6, 6.07) is 5.77. The SMILES string of the molecule is O=C(Nc1ccsc1-c1nc(C(=O)O)c(O)c(=O)[nH]1)NS(=O)(=O)c1ccccc1Cl. The zero-order valence-corrected chi connectivity index (χ0v) is 16.9. The second kappa shape index (κ2) is 8.14. The van der Waals surface area contributed by atoms with Crippen LogP contribution in [0.25, 0.3) is 10.7 Å². The van der Waals surface area contributed by atoms with Crippen molar-refractivity contribution < 1.29 is 28.2 Å². The summed E-state index contributed by atoms with van der Waals surface area (Å²) < 4.78 is 26.5. The fraction of sp³-hybridized carbons (Fsp3) is 0. The van der Waals surface area contributed by atoms with E-state index in [9.17, 15) is 27.9 Å². The number of carbonyl (C=O) groups excluding carboxylic acids is 1. The smallest absolute Gasteiger partial charge is 0.358 e. The molecule has 2 amide bonds. The number of aromatic amines is 1. The average molecular weight is 471 g/mol. The lowest BCUT2D eigenvalue weighted by Crippen LogP contribution is -2.34. The molecule has 0 saturated carbocycles. The number of aromatic carboxylic acids is 1. The van der Waals surface area contributed by atoms with Gasteiger partial charge in [0.25, 0.3) is 15.6 Å². The van der Waals surface area contributed by atoms with Crippen LogP contribution in [-0.2, 0) is 10.0 Å². The summed E-state index contributed by atoms with van der Waals surface area (Å²) >= 11 is 6.82. The number of thiophene rings is 1. The maximum atomic E-state index is 12.3. The number of carboxylic acid groups (broad SMARTS) is 1. The van der Waals surface area contributed by atoms with Gasteiger partial charge >= 0.3 is 12.0 Å². The number of H-pyrrole nitrogens is 1. The van der Waals surface area contributed by atoms with Crippen molar-refractivity contribution in [3.63, 3.8) is 0 Å². The fourth-order valence-electron chi connectivity index (χ4n) is 2.30. The quantitative estimate of drug-likeness (QED) is 0.376. The van der Waals surface area contributed by atoms with Gasteiger partial charge in [0.05, 0.1) is 15.6 Å². The summed E-state index contributed by atoms with van der Waals surface area (Å²) in [5, 5.41) is 22.3. The van der Waals surface area contributed by atoms with Crippen LogP contribution in [0.3, 0.4) is 0 Å². The van der Waals surface area contributed by atoms with E-state index in [0.717, 1.165) is 11.3 Å². The van der Waals surface area contributed by atoms with Gasteiger partial charge in [0, 0.05) is 0 Å². The molecule has 3 rings (SSSR count). The van der Waals surface area contributed by atoms with Gasteiger partial charge in [-0.3, -0.25) is 4.79 Å². The van der Waals surface area contributed by atoms with Gasteiger partial charge in [0.15, 0.2) is 11.5 Å². The zero-order chi connectivity index (χ0) is 22.1. The lowest BCUT2D eigenvalue weighted by atomic mass is 10.3. The maximum absolute atomic E-state index is 12.3. The molecule has 0 spiro atoms. The Hall–Kier alpha value is -3.42. The van der Waals surface area contributed by atoms with E-state index in [1.54, 1.807) is 4.72 Å². The Kier molecular flexibility index (Phi) is 5.78. The first kappa shape index (κ1) is 21.3. The van der Waals surface area contributed by atoms with E-state index in [4.69, 9.17) is 16.7 Å². The molecule has 0 atom stereocenters. The first-order chi connectivity index (χ1) is 14.1. The summed E-state index contributed by atoms with van der Waals surface area (Å²) in [4.78, 5) is 40.8. The van der Waals surface area contributed by atoms with Gasteiger partial charge < -0.3 is 20.5 Å². The second-order valence-corrected chi connectivity index (χ2v) is 8.54. The predicted molar refractivity (Wildman–Crippen MR) is 108 cm³/mol. The van der Waals surface area contributed by atoms with E-state index in [2.05, 4.69) is 15.3 Å². The Morgan fingerprint density at radius 2 is 1.90 bits per heavy atom. The third-order valence-electron chi connectivity index (χ3n) is 3.58. The van der Waals surface area contributed by atoms with E-state index in [1.165, 1.54) is 35.7 Å². The molecule has 30 heavy (non-hydrogen) atoms. The third kappa shape index (κ3) is 4.27. The molecule has 3 aromatic rings. The number of rotatable bonds is 5. The Bertz CT molecular complexity index is 1320. The van der Waals surface area contributed by atoms with E-state index in [1.807, 2.05) is 0 Å².